The SMILES string of the molecule is COc1ccccc1-c1nnc(SCC(=O)NC2(C#N)CCCC2)n1CCc1ccccc1. The molecule has 1 heterocycles. The molecule has 1 saturated carbocycles. The summed E-state index contributed by atoms with van der Waals surface area (Å²) in [6.45, 7) is 0.663. The first-order valence-electron chi connectivity index (χ1n) is 11.1. The standard InChI is InChI=1S/C25H27N5O2S/c1-32-21-12-6-5-11-20(21)23-28-29-24(30(23)16-13-19-9-3-2-4-10-19)33-17-22(31)27-25(18-26)14-7-8-15-25/h2-6,9-12H,7-8,13-17H2,1H3,(H,27,31). The van der Waals surface area contributed by atoms with Crippen LogP contribution in [0.3, 0.4) is 0 Å². The van der Waals surface area contributed by atoms with E-state index in [1.165, 1.54) is 17.3 Å². The van der Waals surface area contributed by atoms with Gasteiger partial charge in [0.25, 0.3) is 0 Å². The maximum atomic E-state index is 12.6. The molecule has 1 aromatic heterocycles. The van der Waals surface area contributed by atoms with Gasteiger partial charge in [-0.25, -0.2) is 0 Å². The normalized spacial score (nSPS) is 14.5. The molecule has 0 saturated heterocycles. The molecule has 170 valence electrons. The number of carbonyl (C=O) groups excluding carboxylic acids is 1. The van der Waals surface area contributed by atoms with Gasteiger partial charge in [0.1, 0.15) is 11.3 Å². The van der Waals surface area contributed by atoms with Crippen LogP contribution in [-0.4, -0.2) is 39.1 Å². The Hall–Kier alpha value is -3.31. The molecule has 0 atom stereocenters. The number of nitrogens with one attached hydrogen (secondary N) is 1. The fourth-order valence-electron chi connectivity index (χ4n) is 4.19. The molecule has 8 heteroatoms. The minimum Gasteiger partial charge on any atom is -0.496 e. The predicted molar refractivity (Wildman–Crippen MR) is 128 cm³/mol. The third kappa shape index (κ3) is 5.37. The molecule has 2 aromatic carbocycles. The lowest BCUT2D eigenvalue weighted by Crippen LogP contribution is -2.45. The Morgan fingerprint density at radius 1 is 1.15 bits per heavy atom. The number of rotatable bonds is 9. The van der Waals surface area contributed by atoms with Gasteiger partial charge >= 0.3 is 0 Å². The highest BCUT2D eigenvalue weighted by Crippen LogP contribution is 2.32. The van der Waals surface area contributed by atoms with Crippen molar-refractivity contribution in [2.75, 3.05) is 12.9 Å². The summed E-state index contributed by atoms with van der Waals surface area (Å²) in [5, 5.41) is 22.0. The van der Waals surface area contributed by atoms with E-state index < -0.39 is 5.54 Å². The van der Waals surface area contributed by atoms with E-state index in [1.807, 2.05) is 47.0 Å². The second kappa shape index (κ2) is 10.5. The van der Waals surface area contributed by atoms with Gasteiger partial charge in [0.05, 0.1) is 24.5 Å². The van der Waals surface area contributed by atoms with Crippen LogP contribution < -0.4 is 10.1 Å². The van der Waals surface area contributed by atoms with E-state index in [4.69, 9.17) is 4.74 Å². The maximum Gasteiger partial charge on any atom is 0.231 e. The molecule has 0 aliphatic heterocycles. The summed E-state index contributed by atoms with van der Waals surface area (Å²) < 4.78 is 7.58. The molecule has 0 bridgehead atoms. The number of aromatic nitrogens is 3. The number of amides is 1. The van der Waals surface area contributed by atoms with Crippen LogP contribution >= 0.6 is 11.8 Å². The fraction of sp³-hybridized carbons (Fsp3) is 0.360. The number of para-hydroxylation sites is 1. The van der Waals surface area contributed by atoms with E-state index in [1.54, 1.807) is 7.11 Å². The summed E-state index contributed by atoms with van der Waals surface area (Å²) in [5.74, 6) is 1.45. The lowest BCUT2D eigenvalue weighted by Gasteiger charge is -2.21. The summed E-state index contributed by atoms with van der Waals surface area (Å²) in [6.07, 6.45) is 4.17. The summed E-state index contributed by atoms with van der Waals surface area (Å²) in [7, 11) is 1.64. The van der Waals surface area contributed by atoms with Crippen molar-refractivity contribution in [2.45, 2.75) is 49.3 Å². The average molecular weight is 462 g/mol. The van der Waals surface area contributed by atoms with Gasteiger partial charge in [0.2, 0.25) is 5.91 Å². The lowest BCUT2D eigenvalue weighted by molar-refractivity contribution is -0.119. The number of aryl methyl sites for hydroxylation is 1. The third-order valence-electron chi connectivity index (χ3n) is 5.91. The van der Waals surface area contributed by atoms with Crippen molar-refractivity contribution in [3.63, 3.8) is 0 Å². The fourth-order valence-corrected chi connectivity index (χ4v) is 4.95. The molecule has 0 radical (unpaired) electrons. The third-order valence-corrected chi connectivity index (χ3v) is 6.88. The van der Waals surface area contributed by atoms with Crippen LogP contribution in [0.2, 0.25) is 0 Å². The van der Waals surface area contributed by atoms with Crippen LogP contribution in [-0.2, 0) is 17.8 Å². The van der Waals surface area contributed by atoms with E-state index in [2.05, 4.69) is 33.7 Å². The van der Waals surface area contributed by atoms with Crippen LogP contribution in [0.15, 0.2) is 59.8 Å². The molecular formula is C25H27N5O2S. The molecule has 4 rings (SSSR count). The van der Waals surface area contributed by atoms with Crippen LogP contribution in [0.1, 0.15) is 31.2 Å². The highest BCUT2D eigenvalue weighted by molar-refractivity contribution is 7.99. The Morgan fingerprint density at radius 3 is 2.61 bits per heavy atom. The van der Waals surface area contributed by atoms with Gasteiger partial charge in [-0.05, 0) is 49.8 Å². The molecule has 0 unspecified atom stereocenters. The first kappa shape index (κ1) is 22.9. The molecule has 1 N–H and O–H groups in total. The first-order valence-corrected chi connectivity index (χ1v) is 12.1. The number of carbonyl (C=O) groups is 1. The van der Waals surface area contributed by atoms with E-state index in [9.17, 15) is 10.1 Å². The smallest absolute Gasteiger partial charge is 0.231 e. The van der Waals surface area contributed by atoms with Crippen molar-refractivity contribution in [3.8, 4) is 23.2 Å². The Labute approximate surface area is 198 Å². The average Bonchev–Trinajstić information content (AvgIpc) is 3.49. The molecule has 3 aromatic rings. The molecule has 7 nitrogen and oxygen atoms in total. The van der Waals surface area contributed by atoms with Gasteiger partial charge < -0.3 is 14.6 Å². The Bertz CT molecular complexity index is 1130. The van der Waals surface area contributed by atoms with Crippen molar-refractivity contribution in [1.82, 2.24) is 20.1 Å². The van der Waals surface area contributed by atoms with Crippen LogP contribution in [0.25, 0.3) is 11.4 Å². The monoisotopic (exact) mass is 461 g/mol. The van der Waals surface area contributed by atoms with Gasteiger partial charge in [-0.15, -0.1) is 10.2 Å². The molecule has 0 spiro atoms. The number of nitrogens with zero attached hydrogens (tertiary/aromatic N) is 4. The maximum absolute atomic E-state index is 12.6. The second-order valence-corrected chi connectivity index (χ2v) is 9.07. The Kier molecular flexibility index (Phi) is 7.30. The number of benzene rings is 2. The molecule has 1 aliphatic rings. The summed E-state index contributed by atoms with van der Waals surface area (Å²) in [5.41, 5.74) is 1.34. The van der Waals surface area contributed by atoms with E-state index in [0.29, 0.717) is 30.4 Å². The van der Waals surface area contributed by atoms with Crippen molar-refractivity contribution in [2.24, 2.45) is 0 Å². The van der Waals surface area contributed by atoms with Gasteiger partial charge in [0.15, 0.2) is 11.0 Å². The zero-order valence-corrected chi connectivity index (χ0v) is 19.5. The lowest BCUT2D eigenvalue weighted by atomic mass is 10.0. The first-order chi connectivity index (χ1) is 16.1. The molecule has 33 heavy (non-hydrogen) atoms. The Balaban J connectivity index is 1.54. The van der Waals surface area contributed by atoms with Crippen molar-refractivity contribution in [3.05, 3.63) is 60.2 Å². The number of nitriles is 1. The van der Waals surface area contributed by atoms with Crippen molar-refractivity contribution in [1.29, 1.82) is 5.26 Å². The molecule has 1 amide bonds. The molecule has 1 aliphatic carbocycles. The largest absolute Gasteiger partial charge is 0.496 e. The number of methoxy groups -OCH3 is 1. The summed E-state index contributed by atoms with van der Waals surface area (Å²) in [4.78, 5) is 12.6. The number of thioether (sulfide) groups is 1. The van der Waals surface area contributed by atoms with Gasteiger partial charge in [-0.1, -0.05) is 54.2 Å². The van der Waals surface area contributed by atoms with Crippen LogP contribution in [0, 0.1) is 11.3 Å². The van der Waals surface area contributed by atoms with Crippen LogP contribution in [0.5, 0.6) is 5.75 Å². The Morgan fingerprint density at radius 2 is 1.88 bits per heavy atom. The summed E-state index contributed by atoms with van der Waals surface area (Å²) >= 11 is 1.34. The van der Waals surface area contributed by atoms with Crippen LogP contribution in [0.4, 0.5) is 0 Å². The molecule has 1 fully saturated rings. The van der Waals surface area contributed by atoms with E-state index in [-0.39, 0.29) is 11.7 Å². The zero-order valence-electron chi connectivity index (χ0n) is 18.7. The van der Waals surface area contributed by atoms with E-state index >= 15 is 0 Å². The van der Waals surface area contributed by atoms with Gasteiger partial charge in [-0.3, -0.25) is 4.79 Å². The van der Waals surface area contributed by atoms with Gasteiger partial charge in [0, 0.05) is 6.54 Å². The molecular weight excluding hydrogens is 434 g/mol. The van der Waals surface area contributed by atoms with Crippen molar-refractivity contribution < 1.29 is 9.53 Å². The minimum atomic E-state index is -0.721. The quantitative estimate of drug-likeness (QED) is 0.479. The van der Waals surface area contributed by atoms with Gasteiger partial charge in [-0.2, -0.15) is 5.26 Å². The topological polar surface area (TPSA) is 92.8 Å². The van der Waals surface area contributed by atoms with Crippen molar-refractivity contribution >= 4 is 17.7 Å². The second-order valence-electron chi connectivity index (χ2n) is 8.13. The predicted octanol–water partition coefficient (Wildman–Crippen LogP) is 4.24. The zero-order chi connectivity index (χ0) is 23.1. The minimum absolute atomic E-state index is 0.153. The summed E-state index contributed by atoms with van der Waals surface area (Å²) in [6, 6.07) is 20.3. The number of hydrogen-bond donors (Lipinski definition) is 1. The number of ether oxygens (including phenoxy) is 1. The highest BCUT2D eigenvalue weighted by Gasteiger charge is 2.35. The highest BCUT2D eigenvalue weighted by atomic mass is 32.2. The van der Waals surface area contributed by atoms with E-state index in [0.717, 1.165) is 30.6 Å². The number of hydrogen-bond acceptors (Lipinski definition) is 6.